The topological polar surface area (TPSA) is 114 Å². The van der Waals surface area contributed by atoms with Crippen molar-refractivity contribution in [2.24, 2.45) is 22.2 Å². The van der Waals surface area contributed by atoms with Gasteiger partial charge in [-0.1, -0.05) is 6.07 Å². The standard InChI is InChI=1S/C20H27F2N5O/c1-13(24)16(12-26-2)19(25)10-15(11-23)27-7-5-20(28,6-8-27)14-3-4-17(21)18(22)9-14/h3-4,9-12,28H,5-8,23-25H2,1-2H3/b15-11+,16-13+,19-10-,26-12?. The second-order valence-electron chi connectivity index (χ2n) is 6.82. The van der Waals surface area contributed by atoms with Crippen LogP contribution in [0.1, 0.15) is 25.3 Å². The molecule has 1 aromatic carbocycles. The van der Waals surface area contributed by atoms with Crippen molar-refractivity contribution >= 4 is 6.21 Å². The molecule has 1 fully saturated rings. The van der Waals surface area contributed by atoms with Gasteiger partial charge >= 0.3 is 0 Å². The summed E-state index contributed by atoms with van der Waals surface area (Å²) >= 11 is 0. The van der Waals surface area contributed by atoms with Crippen molar-refractivity contribution in [3.05, 3.63) is 70.3 Å². The zero-order valence-corrected chi connectivity index (χ0v) is 16.1. The third-order valence-electron chi connectivity index (χ3n) is 4.88. The van der Waals surface area contributed by atoms with E-state index in [1.807, 2.05) is 4.90 Å². The van der Waals surface area contributed by atoms with Crippen LogP contribution in [0.5, 0.6) is 0 Å². The van der Waals surface area contributed by atoms with Crippen LogP contribution in [-0.2, 0) is 5.60 Å². The zero-order chi connectivity index (χ0) is 20.9. The van der Waals surface area contributed by atoms with Gasteiger partial charge in [0.05, 0.1) is 11.3 Å². The molecular weight excluding hydrogens is 364 g/mol. The van der Waals surface area contributed by atoms with E-state index in [1.165, 1.54) is 12.3 Å². The first-order chi connectivity index (χ1) is 13.2. The maximum absolute atomic E-state index is 13.5. The number of likely N-dealkylation sites (tertiary alicyclic amines) is 1. The van der Waals surface area contributed by atoms with Crippen LogP contribution >= 0.6 is 0 Å². The number of rotatable bonds is 5. The molecule has 0 atom stereocenters. The average Bonchev–Trinajstić information content (AvgIpc) is 2.66. The lowest BCUT2D eigenvalue weighted by Gasteiger charge is -2.40. The number of aliphatic imine (C=N–C) groups is 1. The summed E-state index contributed by atoms with van der Waals surface area (Å²) in [7, 11) is 1.62. The summed E-state index contributed by atoms with van der Waals surface area (Å²) in [6.45, 7) is 2.65. The van der Waals surface area contributed by atoms with Gasteiger partial charge in [0.2, 0.25) is 0 Å². The van der Waals surface area contributed by atoms with E-state index in [1.54, 1.807) is 26.3 Å². The van der Waals surface area contributed by atoms with Crippen molar-refractivity contribution in [2.75, 3.05) is 20.1 Å². The fourth-order valence-electron chi connectivity index (χ4n) is 3.22. The van der Waals surface area contributed by atoms with Gasteiger partial charge in [0, 0.05) is 49.5 Å². The Morgan fingerprint density at radius 3 is 2.36 bits per heavy atom. The summed E-state index contributed by atoms with van der Waals surface area (Å²) in [6.07, 6.45) is 5.38. The summed E-state index contributed by atoms with van der Waals surface area (Å²) in [5.41, 5.74) is 19.1. The van der Waals surface area contributed by atoms with E-state index >= 15 is 0 Å². The molecule has 7 N–H and O–H groups in total. The Morgan fingerprint density at radius 1 is 1.21 bits per heavy atom. The molecule has 1 aliphatic heterocycles. The number of allylic oxidation sites excluding steroid dienone is 3. The number of hydrogen-bond acceptors (Lipinski definition) is 6. The van der Waals surface area contributed by atoms with Crippen molar-refractivity contribution in [3.8, 4) is 0 Å². The normalized spacial score (nSPS) is 19.1. The first kappa shape index (κ1) is 21.4. The van der Waals surface area contributed by atoms with Gasteiger partial charge in [-0.05, 0) is 43.5 Å². The molecule has 1 aromatic rings. The Balaban J connectivity index is 2.17. The minimum absolute atomic E-state index is 0.332. The molecule has 0 radical (unpaired) electrons. The van der Waals surface area contributed by atoms with Crippen LogP contribution in [0.25, 0.3) is 0 Å². The largest absolute Gasteiger partial charge is 0.403 e. The second kappa shape index (κ2) is 8.88. The van der Waals surface area contributed by atoms with E-state index in [4.69, 9.17) is 17.2 Å². The fraction of sp³-hybridized carbons (Fsp3) is 0.350. The number of benzene rings is 1. The smallest absolute Gasteiger partial charge is 0.159 e. The molecule has 0 unspecified atom stereocenters. The lowest BCUT2D eigenvalue weighted by Crippen LogP contribution is -2.42. The quantitative estimate of drug-likeness (QED) is 0.452. The predicted molar refractivity (Wildman–Crippen MR) is 107 cm³/mol. The van der Waals surface area contributed by atoms with Crippen molar-refractivity contribution in [1.82, 2.24) is 4.90 Å². The Labute approximate surface area is 163 Å². The van der Waals surface area contributed by atoms with Crippen LogP contribution in [0.2, 0.25) is 0 Å². The second-order valence-corrected chi connectivity index (χ2v) is 6.82. The molecule has 0 spiro atoms. The van der Waals surface area contributed by atoms with Crippen LogP contribution < -0.4 is 17.2 Å². The van der Waals surface area contributed by atoms with Crippen molar-refractivity contribution in [2.45, 2.75) is 25.4 Å². The summed E-state index contributed by atoms with van der Waals surface area (Å²) in [6, 6.07) is 3.49. The number of nitrogens with two attached hydrogens (primary N) is 3. The summed E-state index contributed by atoms with van der Waals surface area (Å²) in [4.78, 5) is 5.92. The third-order valence-corrected chi connectivity index (χ3v) is 4.88. The Kier molecular flexibility index (Phi) is 6.80. The van der Waals surface area contributed by atoms with Crippen molar-refractivity contribution < 1.29 is 13.9 Å². The van der Waals surface area contributed by atoms with Crippen LogP contribution in [0.15, 0.2) is 58.1 Å². The number of aliphatic hydroxyl groups is 1. The fourth-order valence-corrected chi connectivity index (χ4v) is 3.22. The number of halogens is 2. The van der Waals surface area contributed by atoms with Crippen molar-refractivity contribution in [1.29, 1.82) is 0 Å². The Morgan fingerprint density at radius 2 is 1.86 bits per heavy atom. The molecule has 0 aliphatic carbocycles. The first-order valence-electron chi connectivity index (χ1n) is 8.92. The summed E-state index contributed by atoms with van der Waals surface area (Å²) < 4.78 is 26.7. The molecule has 0 amide bonds. The highest BCUT2D eigenvalue weighted by Crippen LogP contribution is 2.34. The van der Waals surface area contributed by atoms with Gasteiger partial charge in [0.25, 0.3) is 0 Å². The molecule has 8 heteroatoms. The highest BCUT2D eigenvalue weighted by atomic mass is 19.2. The van der Waals surface area contributed by atoms with E-state index in [2.05, 4.69) is 4.99 Å². The highest BCUT2D eigenvalue weighted by Gasteiger charge is 2.35. The molecule has 0 bridgehead atoms. The Hall–Kier alpha value is -2.87. The van der Waals surface area contributed by atoms with Crippen LogP contribution in [0.4, 0.5) is 8.78 Å². The van der Waals surface area contributed by atoms with E-state index in [-0.39, 0.29) is 0 Å². The third kappa shape index (κ3) is 4.69. The average molecular weight is 391 g/mol. The Bertz CT molecular complexity index is 833. The van der Waals surface area contributed by atoms with Gasteiger partial charge in [0.1, 0.15) is 0 Å². The van der Waals surface area contributed by atoms with Gasteiger partial charge in [-0.3, -0.25) is 4.99 Å². The molecule has 1 saturated heterocycles. The van der Waals surface area contributed by atoms with Gasteiger partial charge < -0.3 is 27.2 Å². The SMILES string of the molecule is CN=CC(/C(N)=C/C(=C\N)N1CCC(O)(c2ccc(F)c(F)c2)CC1)=C(/C)N. The summed E-state index contributed by atoms with van der Waals surface area (Å²) in [5.74, 6) is -1.91. The predicted octanol–water partition coefficient (Wildman–Crippen LogP) is 1.82. The van der Waals surface area contributed by atoms with Gasteiger partial charge in [0.15, 0.2) is 11.6 Å². The van der Waals surface area contributed by atoms with Crippen molar-refractivity contribution in [3.63, 3.8) is 0 Å². The molecule has 0 saturated carbocycles. The van der Waals surface area contributed by atoms with E-state index in [9.17, 15) is 13.9 Å². The molecule has 2 rings (SSSR count). The van der Waals surface area contributed by atoms with Crippen LogP contribution in [-0.4, -0.2) is 36.4 Å². The molecule has 0 aromatic heterocycles. The molecule has 1 heterocycles. The van der Waals surface area contributed by atoms with Gasteiger partial charge in [-0.2, -0.15) is 0 Å². The zero-order valence-electron chi connectivity index (χ0n) is 16.1. The minimum atomic E-state index is -1.23. The maximum Gasteiger partial charge on any atom is 0.159 e. The first-order valence-corrected chi connectivity index (χ1v) is 8.92. The molecule has 152 valence electrons. The number of nitrogens with zero attached hydrogens (tertiary/aromatic N) is 2. The summed E-state index contributed by atoms with van der Waals surface area (Å²) in [5, 5.41) is 10.9. The van der Waals surface area contributed by atoms with Gasteiger partial charge in [-0.15, -0.1) is 0 Å². The molecular formula is C20H27F2N5O. The minimum Gasteiger partial charge on any atom is -0.403 e. The van der Waals surface area contributed by atoms with E-state index < -0.39 is 17.2 Å². The number of hydrogen-bond donors (Lipinski definition) is 4. The van der Waals surface area contributed by atoms with Crippen LogP contribution in [0, 0.1) is 11.6 Å². The van der Waals surface area contributed by atoms with E-state index in [0.29, 0.717) is 54.2 Å². The van der Waals surface area contributed by atoms with E-state index in [0.717, 1.165) is 12.1 Å². The molecule has 6 nitrogen and oxygen atoms in total. The lowest BCUT2D eigenvalue weighted by atomic mass is 9.84. The number of piperidine rings is 1. The monoisotopic (exact) mass is 391 g/mol. The van der Waals surface area contributed by atoms with Crippen LogP contribution in [0.3, 0.4) is 0 Å². The van der Waals surface area contributed by atoms with Gasteiger partial charge in [-0.25, -0.2) is 8.78 Å². The maximum atomic E-state index is 13.5. The molecule has 1 aliphatic rings. The molecule has 28 heavy (non-hydrogen) atoms. The lowest BCUT2D eigenvalue weighted by molar-refractivity contribution is -0.0182. The highest BCUT2D eigenvalue weighted by molar-refractivity contribution is 5.85.